The van der Waals surface area contributed by atoms with Crippen LogP contribution in [-0.2, 0) is 18.9 Å². The Labute approximate surface area is 77.4 Å². The molecule has 0 saturated carbocycles. The molecule has 1 fully saturated rings. The zero-order chi connectivity index (χ0) is 9.26. The van der Waals surface area contributed by atoms with Crippen molar-refractivity contribution >= 4 is 0 Å². The second-order valence-electron chi connectivity index (χ2n) is 3.17. The van der Waals surface area contributed by atoms with Gasteiger partial charge in [-0.25, -0.2) is 0 Å². The molecule has 0 aliphatic carbocycles. The molecule has 0 aromatic heterocycles. The molecule has 4 nitrogen and oxygen atoms in total. The molecule has 0 radical (unpaired) electrons. The Morgan fingerprint density at radius 1 is 1.31 bits per heavy atom. The first-order chi connectivity index (χ1) is 6.29. The smallest absolute Gasteiger partial charge is 0.177 e. The van der Waals surface area contributed by atoms with Gasteiger partial charge in [-0.15, -0.1) is 0 Å². The van der Waals surface area contributed by atoms with E-state index in [-0.39, 0.29) is 24.8 Å². The second kappa shape index (κ2) is 3.75. The lowest BCUT2D eigenvalue weighted by molar-refractivity contribution is -0.271. The van der Waals surface area contributed by atoms with E-state index in [1.165, 1.54) is 0 Å². The van der Waals surface area contributed by atoms with Crippen LogP contribution in [0.2, 0.25) is 0 Å². The minimum Gasteiger partial charge on any atom is -0.352 e. The lowest BCUT2D eigenvalue weighted by Crippen LogP contribution is -2.47. The maximum Gasteiger partial charge on any atom is 0.177 e. The SMILES string of the molecule is COC1C=CC2OC(C)OCC2O1. The van der Waals surface area contributed by atoms with Crippen LogP contribution in [0, 0.1) is 0 Å². The molecule has 74 valence electrons. The molecule has 4 heteroatoms. The summed E-state index contributed by atoms with van der Waals surface area (Å²) >= 11 is 0. The Morgan fingerprint density at radius 3 is 2.92 bits per heavy atom. The Hall–Kier alpha value is -0.420. The van der Waals surface area contributed by atoms with E-state index in [4.69, 9.17) is 18.9 Å². The number of rotatable bonds is 1. The highest BCUT2D eigenvalue weighted by molar-refractivity contribution is 5.01. The molecule has 0 bridgehead atoms. The van der Waals surface area contributed by atoms with E-state index in [0.717, 1.165) is 0 Å². The third-order valence-corrected chi connectivity index (χ3v) is 2.21. The molecule has 0 spiro atoms. The fourth-order valence-electron chi connectivity index (χ4n) is 1.51. The molecule has 0 aromatic carbocycles. The maximum atomic E-state index is 5.53. The molecular weight excluding hydrogens is 172 g/mol. The molecule has 2 aliphatic rings. The molecule has 2 aliphatic heterocycles. The van der Waals surface area contributed by atoms with Gasteiger partial charge in [0.05, 0.1) is 6.61 Å². The Bertz CT molecular complexity index is 204. The number of methoxy groups -OCH3 is 1. The first kappa shape index (κ1) is 9.15. The van der Waals surface area contributed by atoms with Crippen molar-refractivity contribution in [1.82, 2.24) is 0 Å². The summed E-state index contributed by atoms with van der Waals surface area (Å²) in [6.45, 7) is 2.45. The molecular formula is C9H14O4. The Kier molecular flexibility index (Phi) is 2.64. The van der Waals surface area contributed by atoms with Gasteiger partial charge in [0.25, 0.3) is 0 Å². The van der Waals surface area contributed by atoms with Crippen LogP contribution >= 0.6 is 0 Å². The third kappa shape index (κ3) is 1.91. The van der Waals surface area contributed by atoms with Gasteiger partial charge in [-0.3, -0.25) is 0 Å². The van der Waals surface area contributed by atoms with Gasteiger partial charge in [0, 0.05) is 7.11 Å². The zero-order valence-corrected chi connectivity index (χ0v) is 7.80. The monoisotopic (exact) mass is 186 g/mol. The minimum atomic E-state index is -0.262. The van der Waals surface area contributed by atoms with E-state index in [1.54, 1.807) is 7.11 Å². The van der Waals surface area contributed by atoms with Crippen molar-refractivity contribution in [1.29, 1.82) is 0 Å². The highest BCUT2D eigenvalue weighted by atomic mass is 16.7. The average molecular weight is 186 g/mol. The maximum absolute atomic E-state index is 5.53. The van der Waals surface area contributed by atoms with Crippen LogP contribution in [0.25, 0.3) is 0 Å². The lowest BCUT2D eigenvalue weighted by Gasteiger charge is -2.37. The van der Waals surface area contributed by atoms with Crippen LogP contribution in [0.3, 0.4) is 0 Å². The van der Waals surface area contributed by atoms with E-state index >= 15 is 0 Å². The predicted octanol–water partition coefficient (Wildman–Crippen LogP) is 0.675. The Morgan fingerprint density at radius 2 is 2.15 bits per heavy atom. The highest BCUT2D eigenvalue weighted by Crippen LogP contribution is 2.22. The van der Waals surface area contributed by atoms with E-state index in [9.17, 15) is 0 Å². The largest absolute Gasteiger partial charge is 0.352 e. The summed E-state index contributed by atoms with van der Waals surface area (Å²) in [5.41, 5.74) is 0. The molecule has 2 rings (SSSR count). The van der Waals surface area contributed by atoms with Crippen molar-refractivity contribution in [3.63, 3.8) is 0 Å². The zero-order valence-electron chi connectivity index (χ0n) is 7.80. The van der Waals surface area contributed by atoms with Crippen molar-refractivity contribution < 1.29 is 18.9 Å². The van der Waals surface area contributed by atoms with E-state index in [0.29, 0.717) is 6.61 Å². The van der Waals surface area contributed by atoms with E-state index in [2.05, 4.69) is 0 Å². The van der Waals surface area contributed by atoms with Gasteiger partial charge in [0.15, 0.2) is 12.6 Å². The summed E-state index contributed by atoms with van der Waals surface area (Å²) in [5, 5.41) is 0. The molecule has 0 N–H and O–H groups in total. The highest BCUT2D eigenvalue weighted by Gasteiger charge is 2.33. The summed E-state index contributed by atoms with van der Waals surface area (Å²) in [7, 11) is 1.61. The van der Waals surface area contributed by atoms with Crippen molar-refractivity contribution in [3.05, 3.63) is 12.2 Å². The lowest BCUT2D eigenvalue weighted by atomic mass is 10.1. The summed E-state index contributed by atoms with van der Waals surface area (Å²) in [4.78, 5) is 0. The van der Waals surface area contributed by atoms with Gasteiger partial charge < -0.3 is 18.9 Å². The summed E-state index contributed by atoms with van der Waals surface area (Å²) in [5.74, 6) is 0. The topological polar surface area (TPSA) is 36.9 Å². The second-order valence-corrected chi connectivity index (χ2v) is 3.17. The summed E-state index contributed by atoms with van der Waals surface area (Å²) in [6, 6.07) is 0. The van der Waals surface area contributed by atoms with Gasteiger partial charge >= 0.3 is 0 Å². The first-order valence-corrected chi connectivity index (χ1v) is 4.43. The van der Waals surface area contributed by atoms with Crippen molar-refractivity contribution in [2.24, 2.45) is 0 Å². The molecule has 0 aromatic rings. The number of fused-ring (bicyclic) bond motifs is 1. The van der Waals surface area contributed by atoms with E-state index < -0.39 is 0 Å². The standard InChI is InChI=1S/C9H14O4/c1-6-11-5-8-7(12-6)3-4-9(10-2)13-8/h3-4,6-9H,5H2,1-2H3. The van der Waals surface area contributed by atoms with Gasteiger partial charge in [0.2, 0.25) is 0 Å². The van der Waals surface area contributed by atoms with E-state index in [1.807, 2.05) is 19.1 Å². The fraction of sp³-hybridized carbons (Fsp3) is 0.778. The molecule has 1 saturated heterocycles. The van der Waals surface area contributed by atoms with Crippen LogP contribution in [0.4, 0.5) is 0 Å². The van der Waals surface area contributed by atoms with Crippen molar-refractivity contribution in [2.75, 3.05) is 13.7 Å². The van der Waals surface area contributed by atoms with Gasteiger partial charge in [-0.2, -0.15) is 0 Å². The average Bonchev–Trinajstić information content (AvgIpc) is 2.17. The Balaban J connectivity index is 2.00. The van der Waals surface area contributed by atoms with Crippen LogP contribution < -0.4 is 0 Å². The van der Waals surface area contributed by atoms with Gasteiger partial charge in [-0.1, -0.05) is 6.08 Å². The minimum absolute atomic E-state index is 0.00940. The number of hydrogen-bond donors (Lipinski definition) is 0. The quantitative estimate of drug-likeness (QED) is 0.564. The molecule has 4 atom stereocenters. The third-order valence-electron chi connectivity index (χ3n) is 2.21. The first-order valence-electron chi connectivity index (χ1n) is 4.43. The normalized spacial score (nSPS) is 44.5. The predicted molar refractivity (Wildman–Crippen MR) is 45.1 cm³/mol. The van der Waals surface area contributed by atoms with Crippen molar-refractivity contribution in [2.45, 2.75) is 31.7 Å². The number of ether oxygens (including phenoxy) is 4. The summed E-state index contributed by atoms with van der Waals surface area (Å²) < 4.78 is 21.4. The van der Waals surface area contributed by atoms with Crippen LogP contribution in [0.1, 0.15) is 6.92 Å². The number of hydrogen-bond acceptors (Lipinski definition) is 4. The fourth-order valence-corrected chi connectivity index (χ4v) is 1.51. The van der Waals surface area contributed by atoms with Crippen molar-refractivity contribution in [3.8, 4) is 0 Å². The van der Waals surface area contributed by atoms with Gasteiger partial charge in [-0.05, 0) is 13.0 Å². The van der Waals surface area contributed by atoms with Crippen LogP contribution in [-0.4, -0.2) is 38.5 Å². The molecule has 0 amide bonds. The molecule has 4 unspecified atom stereocenters. The summed E-state index contributed by atoms with van der Waals surface area (Å²) in [6.07, 6.45) is 3.40. The van der Waals surface area contributed by atoms with Gasteiger partial charge in [0.1, 0.15) is 12.2 Å². The molecule has 13 heavy (non-hydrogen) atoms. The van der Waals surface area contributed by atoms with Crippen LogP contribution in [0.15, 0.2) is 12.2 Å². The molecule has 2 heterocycles. The van der Waals surface area contributed by atoms with Crippen LogP contribution in [0.5, 0.6) is 0 Å².